The minimum Gasteiger partial charge on any atom is -0.346 e. The quantitative estimate of drug-likeness (QED) is 0.0725. The summed E-state index contributed by atoms with van der Waals surface area (Å²) in [5.41, 5.74) is 5.20. The third kappa shape index (κ3) is 21.0. The highest BCUT2D eigenvalue weighted by Crippen LogP contribution is 2.27. The molecule has 0 aliphatic carbocycles. The molecule has 0 spiro atoms. The first kappa shape index (κ1) is 44.9. The fourth-order valence-corrected chi connectivity index (χ4v) is 5.20. The second-order valence-corrected chi connectivity index (χ2v) is 14.7. The van der Waals surface area contributed by atoms with Crippen molar-refractivity contribution in [3.8, 4) is 0 Å². The maximum absolute atomic E-state index is 13.0. The highest BCUT2D eigenvalue weighted by molar-refractivity contribution is 7.94. The van der Waals surface area contributed by atoms with E-state index in [0.717, 1.165) is 0 Å². The normalized spacial score (nSPS) is 13.6. The van der Waals surface area contributed by atoms with Gasteiger partial charge in [-0.3, -0.25) is 38.4 Å². The molecule has 4 unspecified atom stereocenters. The summed E-state index contributed by atoms with van der Waals surface area (Å²) in [5, 5.41) is 7.79. The summed E-state index contributed by atoms with van der Waals surface area (Å²) in [4.78, 5) is 111. The predicted octanol–water partition coefficient (Wildman–Crippen LogP) is 1.98. The van der Waals surface area contributed by atoms with Crippen LogP contribution >= 0.6 is 7.80 Å². The van der Waals surface area contributed by atoms with Gasteiger partial charge in [0.2, 0.25) is 17.7 Å². The number of nitrogens with one attached hydrogen (secondary N) is 3. The number of rotatable bonds is 27. The Bertz CT molecular complexity index is 1160. The van der Waals surface area contributed by atoms with Crippen LogP contribution < -0.4 is 21.7 Å². The van der Waals surface area contributed by atoms with Gasteiger partial charge in [0.25, 0.3) is 0 Å². The van der Waals surface area contributed by atoms with Crippen LogP contribution in [0.1, 0.15) is 112 Å². The maximum Gasteiger partial charge on any atom is 0.234 e. The van der Waals surface area contributed by atoms with Crippen LogP contribution in [0.4, 0.5) is 0 Å². The first-order valence-electron chi connectivity index (χ1n) is 16.5. The highest BCUT2D eigenvalue weighted by Gasteiger charge is 2.26. The second kappa shape index (κ2) is 24.1. The van der Waals surface area contributed by atoms with Gasteiger partial charge in [0.1, 0.15) is 24.7 Å². The molecule has 0 aliphatic rings. The van der Waals surface area contributed by atoms with Crippen molar-refractivity contribution in [1.82, 2.24) is 16.0 Å². The number of Topliss-reactive ketones (excluding diaryl/α,β-unsaturated/α-hetero) is 5. The molecule has 0 aromatic heterocycles. The van der Waals surface area contributed by atoms with E-state index in [1.165, 1.54) is 6.92 Å². The van der Waals surface area contributed by atoms with E-state index < -0.39 is 56.0 Å². The maximum atomic E-state index is 13.0. The number of hydrogen-bond acceptors (Lipinski definition) is 10. The molecular formula is C33H54BN4O9P. The Hall–Kier alpha value is -3.12. The lowest BCUT2D eigenvalue weighted by molar-refractivity contribution is -0.131. The van der Waals surface area contributed by atoms with Gasteiger partial charge in [-0.25, -0.2) is 0 Å². The first-order valence-corrected chi connectivity index (χ1v) is 18.4. The molecule has 0 heterocycles. The van der Waals surface area contributed by atoms with Crippen molar-refractivity contribution in [3.63, 3.8) is 0 Å². The number of amides is 3. The largest absolute Gasteiger partial charge is 0.346 e. The lowest BCUT2D eigenvalue weighted by atomic mass is 9.96. The Morgan fingerprint density at radius 1 is 0.583 bits per heavy atom. The van der Waals surface area contributed by atoms with E-state index in [1.54, 1.807) is 6.66 Å². The van der Waals surface area contributed by atoms with Gasteiger partial charge in [-0.2, -0.15) is 0 Å². The zero-order valence-corrected chi connectivity index (χ0v) is 30.2. The minimum atomic E-state index is -1.30. The molecule has 2 radical (unpaired) electrons. The number of hydrogen-bond donors (Lipinski definition) is 4. The molecule has 0 fully saturated rings. The van der Waals surface area contributed by atoms with Crippen LogP contribution in [-0.4, -0.2) is 91.1 Å². The summed E-state index contributed by atoms with van der Waals surface area (Å²) >= 11 is 0. The molecule has 3 amide bonds. The van der Waals surface area contributed by atoms with Crippen LogP contribution in [0.25, 0.3) is 0 Å². The fraction of sp³-hybridized carbons (Fsp3) is 0.727. The zero-order chi connectivity index (χ0) is 37.0. The van der Waals surface area contributed by atoms with E-state index in [9.17, 15) is 43.2 Å². The Kier molecular flexibility index (Phi) is 22.5. The SMILES string of the molecule is [B]P(C)C(=O)CCC(=O)C(CC(C)C)NC(=O)CCC(=O)CCC(NC(=O)CN)C(=O)CCC(=O)NC(CC(C)C)C(=O)CCC(C)=O. The number of carbonyl (C=O) groups excluding carboxylic acids is 9. The van der Waals surface area contributed by atoms with Crippen molar-refractivity contribution in [2.24, 2.45) is 17.6 Å². The van der Waals surface area contributed by atoms with Crippen LogP contribution in [0.2, 0.25) is 0 Å². The zero-order valence-electron chi connectivity index (χ0n) is 29.4. The van der Waals surface area contributed by atoms with Crippen molar-refractivity contribution in [2.45, 2.75) is 130 Å². The van der Waals surface area contributed by atoms with E-state index in [2.05, 4.69) is 16.0 Å². The molecule has 5 N–H and O–H groups in total. The first-order chi connectivity index (χ1) is 22.4. The lowest BCUT2D eigenvalue weighted by Crippen LogP contribution is -2.45. The van der Waals surface area contributed by atoms with Gasteiger partial charge in [0, 0.05) is 57.8 Å². The van der Waals surface area contributed by atoms with Gasteiger partial charge in [0.05, 0.1) is 24.7 Å². The van der Waals surface area contributed by atoms with Gasteiger partial charge in [-0.1, -0.05) is 35.5 Å². The monoisotopic (exact) mass is 692 g/mol. The van der Waals surface area contributed by atoms with Gasteiger partial charge in [0.15, 0.2) is 17.3 Å². The number of nitrogens with two attached hydrogens (primary N) is 1. The Morgan fingerprint density at radius 2 is 1.00 bits per heavy atom. The Balaban J connectivity index is 5.12. The van der Waals surface area contributed by atoms with Gasteiger partial charge in [-0.15, -0.1) is 0 Å². The van der Waals surface area contributed by atoms with E-state index in [1.807, 2.05) is 27.7 Å². The minimum absolute atomic E-state index is 0.00278. The molecule has 4 atom stereocenters. The van der Waals surface area contributed by atoms with Gasteiger partial charge in [-0.05, 0) is 44.7 Å². The summed E-state index contributed by atoms with van der Waals surface area (Å²) in [6, 6.07) is -2.69. The smallest absolute Gasteiger partial charge is 0.234 e. The average molecular weight is 693 g/mol. The molecule has 0 aromatic carbocycles. The average Bonchev–Trinajstić information content (AvgIpc) is 3.00. The van der Waals surface area contributed by atoms with Crippen molar-refractivity contribution in [1.29, 1.82) is 0 Å². The highest BCUT2D eigenvalue weighted by atomic mass is 31.1. The third-order valence-corrected chi connectivity index (χ3v) is 8.42. The van der Waals surface area contributed by atoms with E-state index in [0.29, 0.717) is 12.8 Å². The van der Waals surface area contributed by atoms with Crippen molar-refractivity contribution in [2.75, 3.05) is 13.2 Å². The Labute approximate surface area is 286 Å². The third-order valence-electron chi connectivity index (χ3n) is 7.41. The summed E-state index contributed by atoms with van der Waals surface area (Å²) in [5.74, 6) is -3.03. The molecule has 13 nitrogen and oxygen atoms in total. The summed E-state index contributed by atoms with van der Waals surface area (Å²) in [6.45, 7) is 10.2. The van der Waals surface area contributed by atoms with Crippen molar-refractivity contribution in [3.05, 3.63) is 0 Å². The summed E-state index contributed by atoms with van der Waals surface area (Å²) < 4.78 is 0. The molecule has 15 heteroatoms. The number of ketones is 5. The standard InChI is InChI=1S/C33H54BN4O9P/c1-20(2)17-25(28(42)11-7-22(5)39)38-31(45)15-12-27(41)24(36-32(46)19-35)10-8-23(40)9-14-30(44)37-26(18-21(3)4)29(43)13-16-33(47)48(6)34/h20-21,24-26H,7-19,35H2,1-6H3,(H,36,46)(H,37,44)(H,38,45). The molecule has 0 saturated heterocycles. The molecule has 0 aliphatic heterocycles. The summed E-state index contributed by atoms with van der Waals surface area (Å²) in [7, 11) is 4.32. The topological polar surface area (TPSA) is 216 Å². The van der Waals surface area contributed by atoms with Crippen LogP contribution in [0.15, 0.2) is 0 Å². The lowest BCUT2D eigenvalue weighted by Gasteiger charge is -2.20. The van der Waals surface area contributed by atoms with Crippen LogP contribution in [-0.2, 0) is 43.2 Å². The van der Waals surface area contributed by atoms with Crippen LogP contribution in [0, 0.1) is 11.8 Å². The van der Waals surface area contributed by atoms with Crippen molar-refractivity contribution < 1.29 is 43.2 Å². The molecule has 268 valence electrons. The molecule has 0 rings (SSSR count). The van der Waals surface area contributed by atoms with Gasteiger partial charge >= 0.3 is 0 Å². The van der Waals surface area contributed by atoms with Crippen LogP contribution in [0.3, 0.4) is 0 Å². The van der Waals surface area contributed by atoms with Crippen molar-refractivity contribution >= 4 is 67.5 Å². The molecule has 48 heavy (non-hydrogen) atoms. The Morgan fingerprint density at radius 3 is 1.44 bits per heavy atom. The molecule has 0 aromatic rings. The van der Waals surface area contributed by atoms with E-state index >= 15 is 0 Å². The second-order valence-electron chi connectivity index (χ2n) is 13.0. The molecule has 0 bridgehead atoms. The predicted molar refractivity (Wildman–Crippen MR) is 184 cm³/mol. The van der Waals surface area contributed by atoms with Crippen LogP contribution in [0.5, 0.6) is 0 Å². The van der Waals surface area contributed by atoms with E-state index in [-0.39, 0.29) is 105 Å². The molecular weight excluding hydrogens is 638 g/mol. The number of carbonyl (C=O) groups is 9. The van der Waals surface area contributed by atoms with Gasteiger partial charge < -0.3 is 26.5 Å². The van der Waals surface area contributed by atoms with E-state index in [4.69, 9.17) is 13.3 Å². The summed E-state index contributed by atoms with van der Waals surface area (Å²) in [6.07, 6.45) is -0.314. The molecule has 0 saturated carbocycles. The fourth-order valence-electron chi connectivity index (χ4n) is 4.73.